The van der Waals surface area contributed by atoms with Crippen molar-refractivity contribution in [3.63, 3.8) is 0 Å². The zero-order valence-corrected chi connectivity index (χ0v) is 8.40. The number of nitrogens with one attached hydrogen (secondary N) is 1. The second-order valence-corrected chi connectivity index (χ2v) is 3.14. The maximum atomic E-state index is 13.1. The molecule has 1 aromatic rings. The first kappa shape index (κ1) is 12.5. The van der Waals surface area contributed by atoms with Crippen LogP contribution in [0.4, 0.5) is 13.2 Å². The Morgan fingerprint density at radius 2 is 1.81 bits per heavy atom. The molecule has 0 atom stereocenters. The van der Waals surface area contributed by atoms with Gasteiger partial charge in [-0.3, -0.25) is 4.79 Å². The second kappa shape index (κ2) is 5.50. The molecule has 0 aliphatic heterocycles. The van der Waals surface area contributed by atoms with E-state index in [-0.39, 0.29) is 6.54 Å². The zero-order valence-electron chi connectivity index (χ0n) is 8.40. The van der Waals surface area contributed by atoms with E-state index in [1.54, 1.807) is 0 Å². The van der Waals surface area contributed by atoms with Gasteiger partial charge in [-0.15, -0.1) is 0 Å². The maximum absolute atomic E-state index is 13.1. The van der Waals surface area contributed by atoms with Crippen LogP contribution in [0, 0.1) is 17.5 Å². The number of halogens is 3. The van der Waals surface area contributed by atoms with Crippen molar-refractivity contribution < 1.29 is 18.0 Å². The van der Waals surface area contributed by atoms with E-state index in [2.05, 4.69) is 5.32 Å². The second-order valence-electron chi connectivity index (χ2n) is 3.14. The molecule has 1 rings (SSSR count). The SMILES string of the molecule is NCCCNC(=O)c1c(F)cc(F)cc1F. The van der Waals surface area contributed by atoms with Gasteiger partial charge < -0.3 is 11.1 Å². The fourth-order valence-electron chi connectivity index (χ4n) is 1.15. The Bertz CT molecular complexity index is 373. The molecule has 88 valence electrons. The molecule has 1 aromatic carbocycles. The van der Waals surface area contributed by atoms with Gasteiger partial charge in [0.05, 0.1) is 0 Å². The number of benzene rings is 1. The molecule has 3 N–H and O–H groups in total. The van der Waals surface area contributed by atoms with Gasteiger partial charge in [-0.2, -0.15) is 0 Å². The third-order valence-electron chi connectivity index (χ3n) is 1.90. The minimum absolute atomic E-state index is 0.214. The topological polar surface area (TPSA) is 55.1 Å². The molecular formula is C10H11F3N2O. The van der Waals surface area contributed by atoms with Gasteiger partial charge in [0.25, 0.3) is 5.91 Å². The van der Waals surface area contributed by atoms with Crippen LogP contribution in [-0.4, -0.2) is 19.0 Å². The minimum atomic E-state index is -1.22. The van der Waals surface area contributed by atoms with Crippen LogP contribution in [0.15, 0.2) is 12.1 Å². The molecule has 0 aromatic heterocycles. The molecule has 0 aliphatic rings. The zero-order chi connectivity index (χ0) is 12.1. The van der Waals surface area contributed by atoms with E-state index in [1.165, 1.54) is 0 Å². The summed E-state index contributed by atoms with van der Waals surface area (Å²) in [6.07, 6.45) is 0.496. The standard InChI is InChI=1S/C10H11F3N2O/c11-6-4-7(12)9(8(13)5-6)10(16)15-3-1-2-14/h4-5H,1-3,14H2,(H,15,16). The lowest BCUT2D eigenvalue weighted by molar-refractivity contribution is 0.0945. The number of rotatable bonds is 4. The van der Waals surface area contributed by atoms with Crippen molar-refractivity contribution in [2.45, 2.75) is 6.42 Å². The van der Waals surface area contributed by atoms with E-state index in [0.29, 0.717) is 25.1 Å². The van der Waals surface area contributed by atoms with Crippen molar-refractivity contribution in [2.24, 2.45) is 5.73 Å². The van der Waals surface area contributed by atoms with Crippen molar-refractivity contribution in [1.82, 2.24) is 5.32 Å². The summed E-state index contributed by atoms with van der Waals surface area (Å²) >= 11 is 0. The fourth-order valence-corrected chi connectivity index (χ4v) is 1.15. The van der Waals surface area contributed by atoms with Crippen LogP contribution in [0.25, 0.3) is 0 Å². The summed E-state index contributed by atoms with van der Waals surface area (Å²) < 4.78 is 38.8. The predicted molar refractivity (Wildman–Crippen MR) is 52.3 cm³/mol. The highest BCUT2D eigenvalue weighted by Crippen LogP contribution is 2.14. The molecule has 16 heavy (non-hydrogen) atoms. The number of hydrogen-bond acceptors (Lipinski definition) is 2. The van der Waals surface area contributed by atoms with Gasteiger partial charge in [-0.25, -0.2) is 13.2 Å². The van der Waals surface area contributed by atoms with E-state index in [4.69, 9.17) is 5.73 Å². The van der Waals surface area contributed by atoms with Gasteiger partial charge in [-0.1, -0.05) is 0 Å². The molecule has 0 unspecified atom stereocenters. The van der Waals surface area contributed by atoms with E-state index < -0.39 is 28.9 Å². The third kappa shape index (κ3) is 2.96. The summed E-state index contributed by atoms with van der Waals surface area (Å²) in [6.45, 7) is 0.570. The molecular weight excluding hydrogens is 221 g/mol. The van der Waals surface area contributed by atoms with Gasteiger partial charge in [0.15, 0.2) is 0 Å². The van der Waals surface area contributed by atoms with Crippen LogP contribution in [0.5, 0.6) is 0 Å². The molecule has 1 amide bonds. The Labute approximate surface area is 90.4 Å². The summed E-state index contributed by atoms with van der Waals surface area (Å²) in [7, 11) is 0. The van der Waals surface area contributed by atoms with Gasteiger partial charge in [0, 0.05) is 18.7 Å². The molecule has 0 bridgehead atoms. The molecule has 0 radical (unpaired) electrons. The molecule has 0 aliphatic carbocycles. The average Bonchev–Trinajstić information content (AvgIpc) is 2.16. The summed E-state index contributed by atoms with van der Waals surface area (Å²) in [4.78, 5) is 11.3. The number of amides is 1. The van der Waals surface area contributed by atoms with E-state index in [0.717, 1.165) is 0 Å². The van der Waals surface area contributed by atoms with Crippen molar-refractivity contribution >= 4 is 5.91 Å². The number of hydrogen-bond donors (Lipinski definition) is 2. The minimum Gasteiger partial charge on any atom is -0.352 e. The highest BCUT2D eigenvalue weighted by Gasteiger charge is 2.18. The van der Waals surface area contributed by atoms with E-state index >= 15 is 0 Å². The van der Waals surface area contributed by atoms with Crippen molar-refractivity contribution in [2.75, 3.05) is 13.1 Å². The van der Waals surface area contributed by atoms with Crippen LogP contribution < -0.4 is 11.1 Å². The molecule has 0 spiro atoms. The summed E-state index contributed by atoms with van der Waals surface area (Å²) in [5.41, 5.74) is 4.40. The molecule has 6 heteroatoms. The van der Waals surface area contributed by atoms with Crippen LogP contribution in [0.1, 0.15) is 16.8 Å². The van der Waals surface area contributed by atoms with Crippen LogP contribution in [0.2, 0.25) is 0 Å². The quantitative estimate of drug-likeness (QED) is 0.766. The largest absolute Gasteiger partial charge is 0.352 e. The smallest absolute Gasteiger partial charge is 0.257 e. The lowest BCUT2D eigenvalue weighted by atomic mass is 10.1. The molecule has 0 saturated carbocycles. The number of carbonyl (C=O) groups is 1. The Morgan fingerprint density at radius 3 is 2.31 bits per heavy atom. The number of carbonyl (C=O) groups excluding carboxylic acids is 1. The monoisotopic (exact) mass is 232 g/mol. The van der Waals surface area contributed by atoms with Gasteiger partial charge in [0.2, 0.25) is 0 Å². The van der Waals surface area contributed by atoms with Crippen LogP contribution >= 0.6 is 0 Å². The summed E-state index contributed by atoms with van der Waals surface area (Å²) in [5, 5.41) is 2.28. The average molecular weight is 232 g/mol. The van der Waals surface area contributed by atoms with Crippen molar-refractivity contribution in [3.05, 3.63) is 35.1 Å². The lowest BCUT2D eigenvalue weighted by Crippen LogP contribution is -2.27. The van der Waals surface area contributed by atoms with Crippen LogP contribution in [0.3, 0.4) is 0 Å². The van der Waals surface area contributed by atoms with E-state index in [1.807, 2.05) is 0 Å². The lowest BCUT2D eigenvalue weighted by Gasteiger charge is -2.06. The first-order valence-corrected chi connectivity index (χ1v) is 4.69. The summed E-state index contributed by atoms with van der Waals surface area (Å²) in [5.74, 6) is -4.41. The highest BCUT2D eigenvalue weighted by atomic mass is 19.1. The molecule has 0 fully saturated rings. The van der Waals surface area contributed by atoms with Gasteiger partial charge in [-0.05, 0) is 13.0 Å². The predicted octanol–water partition coefficient (Wildman–Crippen LogP) is 1.18. The first-order chi connectivity index (χ1) is 7.56. The Morgan fingerprint density at radius 1 is 1.25 bits per heavy atom. The molecule has 3 nitrogen and oxygen atoms in total. The molecule has 0 saturated heterocycles. The molecule has 0 heterocycles. The maximum Gasteiger partial charge on any atom is 0.257 e. The first-order valence-electron chi connectivity index (χ1n) is 4.69. The van der Waals surface area contributed by atoms with Crippen molar-refractivity contribution in [3.8, 4) is 0 Å². The number of nitrogens with two attached hydrogens (primary N) is 1. The Hall–Kier alpha value is -1.56. The van der Waals surface area contributed by atoms with Crippen molar-refractivity contribution in [1.29, 1.82) is 0 Å². The normalized spacial score (nSPS) is 10.2. The Balaban J connectivity index is 2.83. The Kier molecular flexibility index (Phi) is 4.30. The fraction of sp³-hybridized carbons (Fsp3) is 0.300. The van der Waals surface area contributed by atoms with Gasteiger partial charge in [0.1, 0.15) is 23.0 Å². The van der Waals surface area contributed by atoms with Crippen LogP contribution in [-0.2, 0) is 0 Å². The highest BCUT2D eigenvalue weighted by molar-refractivity contribution is 5.94. The van der Waals surface area contributed by atoms with Gasteiger partial charge >= 0.3 is 0 Å². The summed E-state index contributed by atoms with van der Waals surface area (Å²) in [6, 6.07) is 0.919. The third-order valence-corrected chi connectivity index (χ3v) is 1.90. The van der Waals surface area contributed by atoms with E-state index in [9.17, 15) is 18.0 Å².